The van der Waals surface area contributed by atoms with Crippen LogP contribution < -0.4 is 0 Å². The standard InChI is InChI=1S/C21H18F3N3O2/c22-21(23,24)16-6-4-5-14(11-16)19(28)20(29)26-10-9-18-15(13-26)12-25-27(18)17-7-2-1-3-8-17/h1-8,11-12,19,28H,9-10,13H2. The second kappa shape index (κ2) is 7.36. The number of para-hydroxylation sites is 1. The first kappa shape index (κ1) is 19.2. The third-order valence-corrected chi connectivity index (χ3v) is 5.01. The predicted octanol–water partition coefficient (Wildman–Crippen LogP) is 3.51. The smallest absolute Gasteiger partial charge is 0.378 e. The van der Waals surface area contributed by atoms with Crippen molar-refractivity contribution in [2.75, 3.05) is 6.54 Å². The number of halogens is 3. The molecule has 0 saturated carbocycles. The topological polar surface area (TPSA) is 58.4 Å². The van der Waals surface area contributed by atoms with Crippen molar-refractivity contribution in [2.24, 2.45) is 0 Å². The van der Waals surface area contributed by atoms with Gasteiger partial charge in [0.2, 0.25) is 0 Å². The zero-order valence-electron chi connectivity index (χ0n) is 15.3. The van der Waals surface area contributed by atoms with E-state index < -0.39 is 23.8 Å². The Balaban J connectivity index is 1.53. The zero-order valence-corrected chi connectivity index (χ0v) is 15.3. The van der Waals surface area contributed by atoms with E-state index in [1.807, 2.05) is 35.0 Å². The van der Waals surface area contributed by atoms with E-state index in [1.165, 1.54) is 17.0 Å². The van der Waals surface area contributed by atoms with E-state index in [9.17, 15) is 23.1 Å². The van der Waals surface area contributed by atoms with Crippen molar-refractivity contribution in [2.45, 2.75) is 25.2 Å². The monoisotopic (exact) mass is 401 g/mol. The molecule has 4 rings (SSSR count). The first-order valence-corrected chi connectivity index (χ1v) is 9.10. The largest absolute Gasteiger partial charge is 0.416 e. The second-order valence-corrected chi connectivity index (χ2v) is 6.90. The molecule has 8 heteroatoms. The van der Waals surface area contributed by atoms with Crippen LogP contribution in [0.25, 0.3) is 5.69 Å². The number of carbonyl (C=O) groups is 1. The number of carbonyl (C=O) groups excluding carboxylic acids is 1. The first-order valence-electron chi connectivity index (χ1n) is 9.10. The quantitative estimate of drug-likeness (QED) is 0.731. The number of alkyl halides is 3. The first-order chi connectivity index (χ1) is 13.8. The van der Waals surface area contributed by atoms with Crippen LogP contribution in [0.5, 0.6) is 0 Å². The number of benzene rings is 2. The number of aliphatic hydroxyl groups excluding tert-OH is 1. The van der Waals surface area contributed by atoms with E-state index in [4.69, 9.17) is 0 Å². The summed E-state index contributed by atoms with van der Waals surface area (Å²) in [5.74, 6) is -0.623. The molecule has 0 fully saturated rings. The average Bonchev–Trinajstić information content (AvgIpc) is 3.16. The highest BCUT2D eigenvalue weighted by atomic mass is 19.4. The van der Waals surface area contributed by atoms with E-state index in [0.717, 1.165) is 29.1 Å². The van der Waals surface area contributed by atoms with Crippen molar-refractivity contribution < 1.29 is 23.1 Å². The summed E-state index contributed by atoms with van der Waals surface area (Å²) in [6.45, 7) is 0.595. The molecule has 0 radical (unpaired) electrons. The van der Waals surface area contributed by atoms with Crippen molar-refractivity contribution in [3.8, 4) is 5.69 Å². The number of fused-ring (bicyclic) bond motifs is 1. The summed E-state index contributed by atoms with van der Waals surface area (Å²) in [6, 6.07) is 13.8. The molecule has 1 aromatic heterocycles. The van der Waals surface area contributed by atoms with Gasteiger partial charge in [0.25, 0.3) is 5.91 Å². The molecule has 0 saturated heterocycles. The highest BCUT2D eigenvalue weighted by Crippen LogP contribution is 2.31. The molecule has 3 aromatic rings. The number of nitrogens with zero attached hydrogens (tertiary/aromatic N) is 3. The van der Waals surface area contributed by atoms with Gasteiger partial charge in [0.1, 0.15) is 0 Å². The maximum atomic E-state index is 12.9. The lowest BCUT2D eigenvalue weighted by Crippen LogP contribution is -2.39. The van der Waals surface area contributed by atoms with Crippen LogP contribution in [0.2, 0.25) is 0 Å². The van der Waals surface area contributed by atoms with Gasteiger partial charge in [-0.1, -0.05) is 30.3 Å². The van der Waals surface area contributed by atoms with Gasteiger partial charge in [0.05, 0.1) is 23.1 Å². The fourth-order valence-electron chi connectivity index (χ4n) is 3.51. The Kier molecular flexibility index (Phi) is 4.87. The third kappa shape index (κ3) is 3.75. The van der Waals surface area contributed by atoms with Crippen molar-refractivity contribution >= 4 is 5.91 Å². The van der Waals surface area contributed by atoms with Crippen LogP contribution in [0, 0.1) is 0 Å². The van der Waals surface area contributed by atoms with Crippen molar-refractivity contribution in [3.05, 3.63) is 83.2 Å². The van der Waals surface area contributed by atoms with Gasteiger partial charge in [0, 0.05) is 25.1 Å². The minimum atomic E-state index is -4.54. The molecule has 1 unspecified atom stereocenters. The van der Waals surface area contributed by atoms with Gasteiger partial charge in [-0.2, -0.15) is 18.3 Å². The Labute approximate surface area is 165 Å². The molecule has 150 valence electrons. The molecule has 0 spiro atoms. The summed E-state index contributed by atoms with van der Waals surface area (Å²) in [4.78, 5) is 14.2. The highest BCUT2D eigenvalue weighted by Gasteiger charge is 2.33. The van der Waals surface area contributed by atoms with Gasteiger partial charge in [-0.15, -0.1) is 0 Å². The molecule has 2 aromatic carbocycles. The summed E-state index contributed by atoms with van der Waals surface area (Å²) in [5, 5.41) is 14.8. The highest BCUT2D eigenvalue weighted by molar-refractivity contribution is 5.82. The zero-order chi connectivity index (χ0) is 20.6. The Hall–Kier alpha value is -3.13. The number of hydrogen-bond donors (Lipinski definition) is 1. The van der Waals surface area contributed by atoms with Crippen LogP contribution in [0.15, 0.2) is 60.8 Å². The summed E-state index contributed by atoms with van der Waals surface area (Å²) in [6.07, 6.45) is -3.97. The Morgan fingerprint density at radius 3 is 2.59 bits per heavy atom. The molecule has 1 N–H and O–H groups in total. The summed E-state index contributed by atoms with van der Waals surface area (Å²) in [7, 11) is 0. The Bertz CT molecular complexity index is 1030. The lowest BCUT2D eigenvalue weighted by Gasteiger charge is -2.29. The molecule has 1 aliphatic rings. The van der Waals surface area contributed by atoms with Crippen LogP contribution in [0.1, 0.15) is 28.5 Å². The van der Waals surface area contributed by atoms with Gasteiger partial charge in [-0.05, 0) is 29.8 Å². The van der Waals surface area contributed by atoms with E-state index in [0.29, 0.717) is 13.0 Å². The van der Waals surface area contributed by atoms with E-state index in [-0.39, 0.29) is 12.1 Å². The number of aliphatic hydroxyl groups is 1. The number of hydrogen-bond acceptors (Lipinski definition) is 3. The molecule has 0 bridgehead atoms. The Morgan fingerprint density at radius 1 is 1.10 bits per heavy atom. The molecule has 0 aliphatic carbocycles. The van der Waals surface area contributed by atoms with Crippen LogP contribution >= 0.6 is 0 Å². The van der Waals surface area contributed by atoms with Crippen LogP contribution in [0.3, 0.4) is 0 Å². The van der Waals surface area contributed by atoms with Crippen molar-refractivity contribution in [3.63, 3.8) is 0 Å². The predicted molar refractivity (Wildman–Crippen MR) is 99.1 cm³/mol. The minimum absolute atomic E-state index is 0.0735. The van der Waals surface area contributed by atoms with Crippen LogP contribution in [-0.2, 0) is 23.9 Å². The fraction of sp³-hybridized carbons (Fsp3) is 0.238. The van der Waals surface area contributed by atoms with E-state index in [2.05, 4.69) is 5.10 Å². The normalized spacial score (nSPS) is 15.1. The molecule has 29 heavy (non-hydrogen) atoms. The van der Waals surface area contributed by atoms with Gasteiger partial charge in [0.15, 0.2) is 6.10 Å². The second-order valence-electron chi connectivity index (χ2n) is 6.90. The number of rotatable bonds is 3. The molecule has 1 atom stereocenters. The lowest BCUT2D eigenvalue weighted by atomic mass is 10.0. The number of amides is 1. The van der Waals surface area contributed by atoms with Gasteiger partial charge >= 0.3 is 6.18 Å². The molecular formula is C21H18F3N3O2. The maximum absolute atomic E-state index is 12.9. The van der Waals surface area contributed by atoms with E-state index >= 15 is 0 Å². The third-order valence-electron chi connectivity index (χ3n) is 5.01. The van der Waals surface area contributed by atoms with E-state index in [1.54, 1.807) is 6.20 Å². The van der Waals surface area contributed by atoms with Crippen molar-refractivity contribution in [1.82, 2.24) is 14.7 Å². The summed E-state index contributed by atoms with van der Waals surface area (Å²) < 4.78 is 40.5. The van der Waals surface area contributed by atoms with Gasteiger partial charge in [-0.25, -0.2) is 4.68 Å². The lowest BCUT2D eigenvalue weighted by molar-refractivity contribution is -0.142. The molecule has 1 amide bonds. The maximum Gasteiger partial charge on any atom is 0.416 e. The summed E-state index contributed by atoms with van der Waals surface area (Å²) >= 11 is 0. The molecule has 5 nitrogen and oxygen atoms in total. The van der Waals surface area contributed by atoms with Crippen molar-refractivity contribution in [1.29, 1.82) is 0 Å². The number of aromatic nitrogens is 2. The Morgan fingerprint density at radius 2 is 1.86 bits per heavy atom. The van der Waals surface area contributed by atoms with Gasteiger partial charge in [-0.3, -0.25) is 4.79 Å². The average molecular weight is 401 g/mol. The SMILES string of the molecule is O=C(C(O)c1cccc(C(F)(F)F)c1)N1CCc2c(cnn2-c2ccccc2)C1. The van der Waals surface area contributed by atoms with Crippen LogP contribution in [-0.4, -0.2) is 32.2 Å². The van der Waals surface area contributed by atoms with Crippen LogP contribution in [0.4, 0.5) is 13.2 Å². The van der Waals surface area contributed by atoms with Gasteiger partial charge < -0.3 is 10.0 Å². The molecular weight excluding hydrogens is 383 g/mol. The molecule has 1 aliphatic heterocycles. The fourth-order valence-corrected chi connectivity index (χ4v) is 3.51. The minimum Gasteiger partial charge on any atom is -0.378 e. The molecule has 2 heterocycles. The summed E-state index contributed by atoms with van der Waals surface area (Å²) in [5.41, 5.74) is 1.78.